The van der Waals surface area contributed by atoms with E-state index in [9.17, 15) is 4.79 Å². The lowest BCUT2D eigenvalue weighted by atomic mass is 10.2. The van der Waals surface area contributed by atoms with Gasteiger partial charge in [-0.15, -0.1) is 10.2 Å². The zero-order valence-electron chi connectivity index (χ0n) is 18.7. The molecule has 0 radical (unpaired) electrons. The second kappa shape index (κ2) is 12.5. The van der Waals surface area contributed by atoms with Gasteiger partial charge >= 0.3 is 0 Å². The molecule has 0 bridgehead atoms. The van der Waals surface area contributed by atoms with Gasteiger partial charge < -0.3 is 14.2 Å². The van der Waals surface area contributed by atoms with Crippen LogP contribution in [0.25, 0.3) is 0 Å². The molecule has 0 aliphatic heterocycles. The second-order valence-corrected chi connectivity index (χ2v) is 10.0. The van der Waals surface area contributed by atoms with Crippen molar-refractivity contribution in [1.82, 2.24) is 15.6 Å². The Hall–Kier alpha value is -2.76. The largest absolute Gasteiger partial charge is 0.493 e. The highest BCUT2D eigenvalue weighted by molar-refractivity contribution is 8.03. The number of hydrogen-bond acceptors (Lipinski definition) is 10. The van der Waals surface area contributed by atoms with Crippen molar-refractivity contribution in [3.63, 3.8) is 0 Å². The predicted octanol–water partition coefficient (Wildman–Crippen LogP) is 4.41. The number of hydrogen-bond donors (Lipinski definition) is 1. The average molecular weight is 505 g/mol. The molecule has 0 aliphatic rings. The highest BCUT2D eigenvalue weighted by Gasteiger charge is 2.15. The zero-order chi connectivity index (χ0) is 23.6. The van der Waals surface area contributed by atoms with Crippen molar-refractivity contribution in [2.75, 3.05) is 27.1 Å². The molecule has 174 valence electrons. The third kappa shape index (κ3) is 7.11. The normalized spacial score (nSPS) is 10.9. The van der Waals surface area contributed by atoms with Gasteiger partial charge in [-0.3, -0.25) is 4.79 Å². The molecule has 0 unspecified atom stereocenters. The molecule has 0 fully saturated rings. The van der Waals surface area contributed by atoms with E-state index in [0.29, 0.717) is 22.8 Å². The van der Waals surface area contributed by atoms with Crippen molar-refractivity contribution < 1.29 is 19.0 Å². The predicted molar refractivity (Wildman–Crippen MR) is 133 cm³/mol. The fourth-order valence-corrected chi connectivity index (χ4v) is 5.47. The molecule has 1 N–H and O–H groups in total. The van der Waals surface area contributed by atoms with Gasteiger partial charge in [-0.05, 0) is 24.6 Å². The van der Waals surface area contributed by atoms with Crippen LogP contribution >= 0.6 is 34.9 Å². The maximum Gasteiger partial charge on any atom is 0.250 e. The first-order chi connectivity index (χ1) is 16.0. The SMILES string of the molecule is COc1ccc(C=NNC(=O)CSc2nnc(SCc3ccc(C)cc3)s2)c(OC)c1OC. The van der Waals surface area contributed by atoms with Crippen molar-refractivity contribution in [1.29, 1.82) is 0 Å². The van der Waals surface area contributed by atoms with Crippen LogP contribution in [-0.4, -0.2) is 49.4 Å². The number of amides is 1. The lowest BCUT2D eigenvalue weighted by Crippen LogP contribution is -2.19. The van der Waals surface area contributed by atoms with Gasteiger partial charge in [0.15, 0.2) is 20.2 Å². The molecule has 1 aromatic heterocycles. The Morgan fingerprint density at radius 1 is 1.00 bits per heavy atom. The maximum atomic E-state index is 12.2. The first-order valence-corrected chi connectivity index (χ1v) is 12.6. The summed E-state index contributed by atoms with van der Waals surface area (Å²) < 4.78 is 17.6. The molecular formula is C22H24N4O4S3. The Morgan fingerprint density at radius 3 is 2.36 bits per heavy atom. The molecule has 11 heteroatoms. The molecule has 2 aromatic carbocycles. The van der Waals surface area contributed by atoms with E-state index in [1.54, 1.807) is 31.0 Å². The second-order valence-electron chi connectivity index (χ2n) is 6.61. The average Bonchev–Trinajstić information content (AvgIpc) is 3.29. The van der Waals surface area contributed by atoms with Crippen LogP contribution in [0.15, 0.2) is 50.2 Å². The van der Waals surface area contributed by atoms with Crippen molar-refractivity contribution in [2.45, 2.75) is 21.4 Å². The van der Waals surface area contributed by atoms with Gasteiger partial charge in [-0.1, -0.05) is 64.7 Å². The molecule has 3 rings (SSSR count). The van der Waals surface area contributed by atoms with Gasteiger partial charge in [-0.25, -0.2) is 5.43 Å². The summed E-state index contributed by atoms with van der Waals surface area (Å²) in [6.45, 7) is 2.07. The van der Waals surface area contributed by atoms with Crippen LogP contribution in [0.4, 0.5) is 0 Å². The number of benzene rings is 2. The third-order valence-corrected chi connectivity index (χ3v) is 7.59. The first kappa shape index (κ1) is 24.9. The van der Waals surface area contributed by atoms with Crippen LogP contribution in [0, 0.1) is 6.92 Å². The summed E-state index contributed by atoms with van der Waals surface area (Å²) in [5, 5.41) is 12.4. The quantitative estimate of drug-likeness (QED) is 0.233. The minimum absolute atomic E-state index is 0.178. The van der Waals surface area contributed by atoms with E-state index in [1.807, 2.05) is 0 Å². The molecule has 3 aromatic rings. The molecule has 0 spiro atoms. The summed E-state index contributed by atoms with van der Waals surface area (Å²) in [6.07, 6.45) is 1.49. The molecule has 8 nitrogen and oxygen atoms in total. The minimum Gasteiger partial charge on any atom is -0.493 e. The van der Waals surface area contributed by atoms with Gasteiger partial charge in [0.2, 0.25) is 5.75 Å². The molecule has 1 heterocycles. The van der Waals surface area contributed by atoms with E-state index in [-0.39, 0.29) is 11.7 Å². The Labute approximate surface area is 205 Å². The standard InChI is InChI=1S/C22H24N4O4S3/c1-14-5-7-15(8-6-14)12-31-21-25-26-22(33-21)32-13-18(27)24-23-11-16-9-10-17(28-2)20(30-4)19(16)29-3/h5-11H,12-13H2,1-4H3,(H,24,27). The Bertz CT molecular complexity index is 1100. The smallest absolute Gasteiger partial charge is 0.250 e. The minimum atomic E-state index is -0.250. The lowest BCUT2D eigenvalue weighted by molar-refractivity contribution is -0.118. The monoisotopic (exact) mass is 504 g/mol. The van der Waals surface area contributed by atoms with Gasteiger partial charge in [0.05, 0.1) is 33.3 Å². The number of methoxy groups -OCH3 is 3. The number of thioether (sulfide) groups is 2. The van der Waals surface area contributed by atoms with E-state index in [0.717, 1.165) is 14.4 Å². The molecule has 0 saturated carbocycles. The van der Waals surface area contributed by atoms with Crippen molar-refractivity contribution in [3.05, 3.63) is 53.1 Å². The summed E-state index contributed by atoms with van der Waals surface area (Å²) in [5.74, 6) is 2.22. The van der Waals surface area contributed by atoms with Gasteiger partial charge in [0, 0.05) is 11.3 Å². The number of hydrazone groups is 1. The summed E-state index contributed by atoms with van der Waals surface area (Å²) in [7, 11) is 4.60. The fourth-order valence-electron chi connectivity index (χ4n) is 2.70. The Morgan fingerprint density at radius 2 is 1.70 bits per heavy atom. The highest BCUT2D eigenvalue weighted by atomic mass is 32.2. The Kier molecular flexibility index (Phi) is 9.40. The van der Waals surface area contributed by atoms with Crippen molar-refractivity contribution in [3.8, 4) is 17.2 Å². The summed E-state index contributed by atoms with van der Waals surface area (Å²) in [4.78, 5) is 12.2. The van der Waals surface area contributed by atoms with Crippen LogP contribution in [0.1, 0.15) is 16.7 Å². The van der Waals surface area contributed by atoms with Crippen LogP contribution in [0.3, 0.4) is 0 Å². The fraction of sp³-hybridized carbons (Fsp3) is 0.273. The molecule has 0 aliphatic carbocycles. The van der Waals surface area contributed by atoms with Gasteiger partial charge in [-0.2, -0.15) is 5.10 Å². The number of rotatable bonds is 11. The maximum absolute atomic E-state index is 12.2. The first-order valence-electron chi connectivity index (χ1n) is 9.79. The number of nitrogens with one attached hydrogen (secondary N) is 1. The Balaban J connectivity index is 1.48. The topological polar surface area (TPSA) is 94.9 Å². The van der Waals surface area contributed by atoms with Crippen molar-refractivity contribution >= 4 is 47.0 Å². The van der Waals surface area contributed by atoms with Gasteiger partial charge in [0.1, 0.15) is 0 Å². The number of carbonyl (C=O) groups excluding carboxylic acids is 1. The van der Waals surface area contributed by atoms with Crippen molar-refractivity contribution in [2.24, 2.45) is 5.10 Å². The summed E-state index contributed by atoms with van der Waals surface area (Å²) in [5.41, 5.74) is 5.63. The third-order valence-electron chi connectivity index (χ3n) is 4.33. The molecular weight excluding hydrogens is 480 g/mol. The van der Waals surface area contributed by atoms with E-state index in [1.165, 1.54) is 54.7 Å². The zero-order valence-corrected chi connectivity index (χ0v) is 21.1. The number of aromatic nitrogens is 2. The van der Waals surface area contributed by atoms with Crippen LogP contribution in [0.2, 0.25) is 0 Å². The number of aryl methyl sites for hydroxylation is 1. The van der Waals surface area contributed by atoms with Gasteiger partial charge in [0.25, 0.3) is 5.91 Å². The van der Waals surface area contributed by atoms with Crippen LogP contribution in [-0.2, 0) is 10.5 Å². The van der Waals surface area contributed by atoms with Crippen LogP contribution < -0.4 is 19.6 Å². The summed E-state index contributed by atoms with van der Waals surface area (Å²) >= 11 is 4.43. The van der Waals surface area contributed by atoms with E-state index < -0.39 is 0 Å². The summed E-state index contributed by atoms with van der Waals surface area (Å²) in [6, 6.07) is 11.9. The molecule has 0 saturated heterocycles. The highest BCUT2D eigenvalue weighted by Crippen LogP contribution is 2.39. The van der Waals surface area contributed by atoms with E-state index in [4.69, 9.17) is 14.2 Å². The van der Waals surface area contributed by atoms with E-state index in [2.05, 4.69) is 51.9 Å². The molecule has 1 amide bonds. The number of ether oxygens (including phenoxy) is 3. The van der Waals surface area contributed by atoms with Crippen LogP contribution in [0.5, 0.6) is 17.2 Å². The lowest BCUT2D eigenvalue weighted by Gasteiger charge is -2.13. The number of carbonyl (C=O) groups is 1. The van der Waals surface area contributed by atoms with E-state index >= 15 is 0 Å². The molecule has 0 atom stereocenters. The number of nitrogens with zero attached hydrogens (tertiary/aromatic N) is 3. The molecule has 33 heavy (non-hydrogen) atoms.